The Kier molecular flexibility index (Phi) is 5.58. The van der Waals surface area contributed by atoms with Crippen LogP contribution in [-0.2, 0) is 9.59 Å². The number of carbonyl (C=O) groups excluding carboxylic acids is 2. The number of rotatable bonds is 6. The lowest BCUT2D eigenvalue weighted by Crippen LogP contribution is -2.07. The zero-order valence-electron chi connectivity index (χ0n) is 12.1. The van der Waals surface area contributed by atoms with E-state index < -0.39 is 0 Å². The van der Waals surface area contributed by atoms with Crippen LogP contribution in [0.3, 0.4) is 0 Å². The molecule has 0 saturated heterocycles. The standard InChI is InChI=1S/C14H18N4O2/c1-17(2)7-11(9-19)13-5-15-6-14(16-13)12(10-20)8-18(3)4/h5-10H,1-4H3/b11-7-,12-8+. The molecule has 1 heterocycles. The smallest absolute Gasteiger partial charge is 0.153 e. The second-order valence-electron chi connectivity index (χ2n) is 4.62. The molecular formula is C14H18N4O2. The van der Waals surface area contributed by atoms with E-state index >= 15 is 0 Å². The predicted octanol–water partition coefficient (Wildman–Crippen LogP) is 0.679. The molecule has 0 aliphatic carbocycles. The molecule has 1 aromatic heterocycles. The van der Waals surface area contributed by atoms with E-state index in [9.17, 15) is 9.59 Å². The molecule has 0 spiro atoms. The van der Waals surface area contributed by atoms with Gasteiger partial charge in [0.1, 0.15) is 0 Å². The van der Waals surface area contributed by atoms with Gasteiger partial charge in [0.05, 0.1) is 34.9 Å². The van der Waals surface area contributed by atoms with Crippen molar-refractivity contribution in [2.75, 3.05) is 28.2 Å². The monoisotopic (exact) mass is 274 g/mol. The van der Waals surface area contributed by atoms with Crippen LogP contribution >= 0.6 is 0 Å². The summed E-state index contributed by atoms with van der Waals surface area (Å²) in [6.07, 6.45) is 7.71. The minimum absolute atomic E-state index is 0.402. The van der Waals surface area contributed by atoms with Gasteiger partial charge in [-0.3, -0.25) is 14.6 Å². The van der Waals surface area contributed by atoms with Gasteiger partial charge >= 0.3 is 0 Å². The summed E-state index contributed by atoms with van der Waals surface area (Å²) in [6.45, 7) is 0. The van der Waals surface area contributed by atoms with E-state index in [0.717, 1.165) is 0 Å². The summed E-state index contributed by atoms with van der Waals surface area (Å²) >= 11 is 0. The maximum Gasteiger partial charge on any atom is 0.153 e. The molecule has 106 valence electrons. The van der Waals surface area contributed by atoms with Crippen molar-refractivity contribution in [2.45, 2.75) is 0 Å². The predicted molar refractivity (Wildman–Crippen MR) is 77.5 cm³/mol. The summed E-state index contributed by atoms with van der Waals surface area (Å²) < 4.78 is 0. The summed E-state index contributed by atoms with van der Waals surface area (Å²) in [5, 5.41) is 0. The maximum absolute atomic E-state index is 11.1. The van der Waals surface area contributed by atoms with Crippen LogP contribution in [0.1, 0.15) is 11.4 Å². The van der Waals surface area contributed by atoms with Crippen molar-refractivity contribution >= 4 is 23.7 Å². The van der Waals surface area contributed by atoms with Crippen molar-refractivity contribution in [3.05, 3.63) is 36.2 Å². The third-order valence-electron chi connectivity index (χ3n) is 2.27. The van der Waals surface area contributed by atoms with Gasteiger partial charge in [0, 0.05) is 40.6 Å². The minimum atomic E-state index is 0.402. The van der Waals surface area contributed by atoms with Gasteiger partial charge in [-0.05, 0) is 0 Å². The topological polar surface area (TPSA) is 66.4 Å². The first-order chi connectivity index (χ1) is 9.47. The van der Waals surface area contributed by atoms with Gasteiger partial charge in [-0.2, -0.15) is 0 Å². The Hall–Kier alpha value is -2.50. The number of hydrogen-bond donors (Lipinski definition) is 0. The largest absolute Gasteiger partial charge is 0.383 e. The molecule has 0 saturated carbocycles. The van der Waals surface area contributed by atoms with E-state index in [0.29, 0.717) is 35.1 Å². The van der Waals surface area contributed by atoms with Crippen LogP contribution in [0.2, 0.25) is 0 Å². The van der Waals surface area contributed by atoms with Crippen LogP contribution in [0.15, 0.2) is 24.8 Å². The quantitative estimate of drug-likeness (QED) is 0.561. The lowest BCUT2D eigenvalue weighted by molar-refractivity contribution is -0.104. The van der Waals surface area contributed by atoms with Gasteiger partial charge in [0.15, 0.2) is 12.6 Å². The molecule has 0 atom stereocenters. The van der Waals surface area contributed by atoms with Gasteiger partial charge in [0.25, 0.3) is 0 Å². The van der Waals surface area contributed by atoms with Crippen LogP contribution in [0.5, 0.6) is 0 Å². The van der Waals surface area contributed by atoms with Crippen molar-refractivity contribution in [3.63, 3.8) is 0 Å². The van der Waals surface area contributed by atoms with E-state index in [1.54, 1.807) is 22.2 Å². The van der Waals surface area contributed by atoms with Crippen molar-refractivity contribution in [2.24, 2.45) is 0 Å². The van der Waals surface area contributed by atoms with E-state index in [1.807, 2.05) is 28.2 Å². The van der Waals surface area contributed by atoms with Gasteiger partial charge in [-0.25, -0.2) is 4.98 Å². The maximum atomic E-state index is 11.1. The molecule has 0 bridgehead atoms. The highest BCUT2D eigenvalue weighted by molar-refractivity contribution is 6.07. The van der Waals surface area contributed by atoms with Crippen molar-refractivity contribution in [1.29, 1.82) is 0 Å². The molecule has 20 heavy (non-hydrogen) atoms. The normalized spacial score (nSPS) is 12.0. The first kappa shape index (κ1) is 15.6. The Morgan fingerprint density at radius 3 is 1.60 bits per heavy atom. The number of allylic oxidation sites excluding steroid dienone is 2. The average molecular weight is 274 g/mol. The molecular weight excluding hydrogens is 256 g/mol. The molecule has 1 rings (SSSR count). The Balaban J connectivity index is 3.25. The van der Waals surface area contributed by atoms with Crippen molar-refractivity contribution in [3.8, 4) is 0 Å². The highest BCUT2D eigenvalue weighted by Crippen LogP contribution is 2.13. The van der Waals surface area contributed by atoms with Crippen LogP contribution in [0, 0.1) is 0 Å². The summed E-state index contributed by atoms with van der Waals surface area (Å²) in [4.78, 5) is 34.1. The molecule has 0 unspecified atom stereocenters. The Bertz CT molecular complexity index is 503. The van der Waals surface area contributed by atoms with Crippen LogP contribution in [-0.4, -0.2) is 60.5 Å². The summed E-state index contributed by atoms with van der Waals surface area (Å²) in [5.74, 6) is 0. The molecule has 6 heteroatoms. The highest BCUT2D eigenvalue weighted by atomic mass is 16.1. The molecule has 0 aromatic carbocycles. The third-order valence-corrected chi connectivity index (χ3v) is 2.27. The van der Waals surface area contributed by atoms with Crippen molar-refractivity contribution < 1.29 is 9.59 Å². The van der Waals surface area contributed by atoms with Crippen LogP contribution in [0.4, 0.5) is 0 Å². The minimum Gasteiger partial charge on any atom is -0.383 e. The molecule has 1 aromatic rings. The van der Waals surface area contributed by atoms with E-state index in [1.165, 1.54) is 12.4 Å². The van der Waals surface area contributed by atoms with Crippen molar-refractivity contribution in [1.82, 2.24) is 19.8 Å². The molecule has 0 fully saturated rings. The summed E-state index contributed by atoms with van der Waals surface area (Å²) in [7, 11) is 7.24. The first-order valence-corrected chi connectivity index (χ1v) is 5.97. The number of aromatic nitrogens is 2. The molecule has 0 radical (unpaired) electrons. The van der Waals surface area contributed by atoms with E-state index in [-0.39, 0.29) is 0 Å². The fourth-order valence-corrected chi connectivity index (χ4v) is 1.51. The second kappa shape index (κ2) is 7.18. The van der Waals surface area contributed by atoms with E-state index in [4.69, 9.17) is 0 Å². The van der Waals surface area contributed by atoms with Gasteiger partial charge < -0.3 is 9.80 Å². The fraction of sp³-hybridized carbons (Fsp3) is 0.286. The molecule has 0 aliphatic heterocycles. The Morgan fingerprint density at radius 1 is 0.900 bits per heavy atom. The zero-order chi connectivity index (χ0) is 15.1. The molecule has 0 amide bonds. The summed E-state index contributed by atoms with van der Waals surface area (Å²) in [5.41, 5.74) is 1.66. The van der Waals surface area contributed by atoms with Gasteiger partial charge in [-0.15, -0.1) is 0 Å². The van der Waals surface area contributed by atoms with E-state index in [2.05, 4.69) is 9.97 Å². The lowest BCUT2D eigenvalue weighted by atomic mass is 10.2. The van der Waals surface area contributed by atoms with Gasteiger partial charge in [-0.1, -0.05) is 0 Å². The highest BCUT2D eigenvalue weighted by Gasteiger charge is 2.08. The lowest BCUT2D eigenvalue weighted by Gasteiger charge is -2.09. The number of aldehydes is 2. The molecule has 0 N–H and O–H groups in total. The first-order valence-electron chi connectivity index (χ1n) is 5.97. The fourth-order valence-electron chi connectivity index (χ4n) is 1.51. The number of nitrogens with zero attached hydrogens (tertiary/aromatic N) is 4. The van der Waals surface area contributed by atoms with Crippen LogP contribution < -0.4 is 0 Å². The summed E-state index contributed by atoms with van der Waals surface area (Å²) in [6, 6.07) is 0. The van der Waals surface area contributed by atoms with Crippen LogP contribution in [0.25, 0.3) is 11.1 Å². The Labute approximate surface area is 118 Å². The zero-order valence-corrected chi connectivity index (χ0v) is 12.1. The molecule has 0 aliphatic rings. The third kappa shape index (κ3) is 4.31. The number of carbonyl (C=O) groups is 2. The number of hydrogen-bond acceptors (Lipinski definition) is 6. The van der Waals surface area contributed by atoms with Gasteiger partial charge in [0.2, 0.25) is 0 Å². The Morgan fingerprint density at radius 2 is 1.30 bits per heavy atom. The molecule has 6 nitrogen and oxygen atoms in total. The SMILES string of the molecule is CN(C)/C=C(\C=O)c1cncc(/C(C=O)=C\N(C)C)n1. The second-order valence-corrected chi connectivity index (χ2v) is 4.62. The average Bonchev–Trinajstić information content (AvgIpc) is 2.41.